The smallest absolute Gasteiger partial charge is 0.0714 e. The number of para-hydroxylation sites is 2. The van der Waals surface area contributed by atoms with Gasteiger partial charge in [0, 0.05) is 22.4 Å². The molecule has 0 radical (unpaired) electrons. The lowest BCUT2D eigenvalue weighted by molar-refractivity contribution is 0.715. The first-order valence-electron chi connectivity index (χ1n) is 23.1. The molecule has 0 aromatic heterocycles. The topological polar surface area (TPSA) is 3.24 Å². The minimum atomic E-state index is -0.559. The Balaban J connectivity index is 1.04. The van der Waals surface area contributed by atoms with E-state index in [1.165, 1.54) is 93.9 Å². The molecule has 1 atom stereocenters. The third kappa shape index (κ3) is 5.60. The minimum Gasteiger partial charge on any atom is -0.310 e. The van der Waals surface area contributed by atoms with E-state index in [1.807, 2.05) is 0 Å². The van der Waals surface area contributed by atoms with Crippen LogP contribution < -0.4 is 4.90 Å². The monoisotopic (exact) mass is 839 g/mol. The van der Waals surface area contributed by atoms with Crippen LogP contribution in [0.3, 0.4) is 0 Å². The Hall–Kier alpha value is -8.26. The van der Waals surface area contributed by atoms with Gasteiger partial charge in [-0.1, -0.05) is 194 Å². The summed E-state index contributed by atoms with van der Waals surface area (Å²) in [6, 6.07) is 94.9. The van der Waals surface area contributed by atoms with Crippen LogP contribution in [0.15, 0.2) is 255 Å². The first kappa shape index (κ1) is 38.2. The van der Waals surface area contributed by atoms with Gasteiger partial charge in [-0.2, -0.15) is 0 Å². The molecule has 11 aromatic carbocycles. The van der Waals surface area contributed by atoms with E-state index in [0.29, 0.717) is 0 Å². The summed E-state index contributed by atoms with van der Waals surface area (Å²) in [7, 11) is 0. The highest BCUT2D eigenvalue weighted by molar-refractivity contribution is 5.99. The summed E-state index contributed by atoms with van der Waals surface area (Å²) in [5.41, 5.74) is 19.0. The molecule has 0 N–H and O–H groups in total. The number of anilines is 3. The van der Waals surface area contributed by atoms with Crippen LogP contribution in [-0.4, -0.2) is 0 Å². The maximum atomic E-state index is 2.49. The minimum absolute atomic E-state index is 0.349. The van der Waals surface area contributed by atoms with E-state index < -0.39 is 5.41 Å². The van der Waals surface area contributed by atoms with Crippen LogP contribution in [0.1, 0.15) is 45.9 Å². The standard InChI is InChI=1S/C65H45N/c1-64(49-24-6-2-7-25-49)59-42-48(34-36-55(59)57-38-44-20-14-16-22-46(44)40-60(57)64)54-32-18-19-33-63(54)66(52-30-12-5-13-31-52)53-35-37-56-58-39-45-21-15-17-23-47(45)41-61(58)65(62(56)43-53,50-26-8-3-9-27-50)51-28-10-4-11-29-51/h2-43H,1H3. The van der Waals surface area contributed by atoms with Gasteiger partial charge in [-0.3, -0.25) is 0 Å². The van der Waals surface area contributed by atoms with Crippen molar-refractivity contribution in [3.63, 3.8) is 0 Å². The molecule has 0 aliphatic heterocycles. The van der Waals surface area contributed by atoms with Crippen molar-refractivity contribution in [3.05, 3.63) is 294 Å². The Kier molecular flexibility index (Phi) is 8.63. The summed E-state index contributed by atoms with van der Waals surface area (Å²) in [5, 5.41) is 5.03. The number of fused-ring (bicyclic) bond motifs is 8. The zero-order valence-electron chi connectivity index (χ0n) is 36.7. The van der Waals surface area contributed by atoms with E-state index in [0.717, 1.165) is 17.1 Å². The van der Waals surface area contributed by atoms with Crippen LogP contribution >= 0.6 is 0 Å². The van der Waals surface area contributed by atoms with Crippen LogP contribution in [0.25, 0.3) is 54.9 Å². The van der Waals surface area contributed by atoms with Crippen molar-refractivity contribution in [1.82, 2.24) is 0 Å². The molecule has 0 fully saturated rings. The average molecular weight is 840 g/mol. The van der Waals surface area contributed by atoms with Gasteiger partial charge in [0.05, 0.1) is 11.1 Å². The molecule has 0 heterocycles. The molecule has 2 aliphatic carbocycles. The lowest BCUT2D eigenvalue weighted by Crippen LogP contribution is -2.28. The SMILES string of the molecule is CC1(c2ccccc2)c2cc(-c3ccccc3N(c3ccccc3)c3ccc4c(c3)C(c3ccccc3)(c3ccccc3)c3cc5ccccc5cc3-4)ccc2-c2cc3ccccc3cc21. The molecular weight excluding hydrogens is 795 g/mol. The summed E-state index contributed by atoms with van der Waals surface area (Å²) < 4.78 is 0. The Labute approximate surface area is 386 Å². The third-order valence-electron chi connectivity index (χ3n) is 14.8. The van der Waals surface area contributed by atoms with Crippen molar-refractivity contribution in [2.24, 2.45) is 0 Å². The van der Waals surface area contributed by atoms with Gasteiger partial charge in [0.15, 0.2) is 0 Å². The molecular formula is C65H45N. The summed E-state index contributed by atoms with van der Waals surface area (Å²) in [4.78, 5) is 2.47. The second-order valence-corrected chi connectivity index (χ2v) is 18.1. The van der Waals surface area contributed by atoms with Gasteiger partial charge in [-0.15, -0.1) is 0 Å². The summed E-state index contributed by atoms with van der Waals surface area (Å²) >= 11 is 0. The van der Waals surface area contributed by atoms with E-state index >= 15 is 0 Å². The van der Waals surface area contributed by atoms with E-state index in [1.54, 1.807) is 0 Å². The largest absolute Gasteiger partial charge is 0.310 e. The van der Waals surface area contributed by atoms with Crippen LogP contribution in [-0.2, 0) is 10.8 Å². The van der Waals surface area contributed by atoms with Crippen molar-refractivity contribution in [2.75, 3.05) is 4.90 Å². The fraction of sp³-hybridized carbons (Fsp3) is 0.0462. The summed E-state index contributed by atoms with van der Waals surface area (Å²) in [6.45, 7) is 2.42. The van der Waals surface area contributed by atoms with Gasteiger partial charge >= 0.3 is 0 Å². The Bertz CT molecular complexity index is 3610. The van der Waals surface area contributed by atoms with Crippen molar-refractivity contribution in [3.8, 4) is 33.4 Å². The number of hydrogen-bond donors (Lipinski definition) is 0. The van der Waals surface area contributed by atoms with Crippen LogP contribution in [0.4, 0.5) is 17.1 Å². The van der Waals surface area contributed by atoms with Gasteiger partial charge in [0.2, 0.25) is 0 Å². The number of hydrogen-bond acceptors (Lipinski definition) is 1. The molecule has 0 spiro atoms. The second kappa shape index (κ2) is 14.9. The molecule has 66 heavy (non-hydrogen) atoms. The van der Waals surface area contributed by atoms with Crippen LogP contribution in [0, 0.1) is 0 Å². The molecule has 310 valence electrons. The van der Waals surface area contributed by atoms with Crippen molar-refractivity contribution in [1.29, 1.82) is 0 Å². The molecule has 13 rings (SSSR count). The Morgan fingerprint density at radius 1 is 0.288 bits per heavy atom. The molecule has 0 amide bonds. The fourth-order valence-corrected chi connectivity index (χ4v) is 11.7. The quantitative estimate of drug-likeness (QED) is 0.155. The first-order valence-corrected chi connectivity index (χ1v) is 23.1. The fourth-order valence-electron chi connectivity index (χ4n) is 11.7. The molecule has 0 saturated heterocycles. The predicted octanol–water partition coefficient (Wildman–Crippen LogP) is 16.8. The lowest BCUT2D eigenvalue weighted by Gasteiger charge is -2.35. The molecule has 1 nitrogen and oxygen atoms in total. The lowest BCUT2D eigenvalue weighted by atomic mass is 9.67. The summed E-state index contributed by atoms with van der Waals surface area (Å²) in [6.07, 6.45) is 0. The maximum absolute atomic E-state index is 2.49. The van der Waals surface area contributed by atoms with E-state index in [2.05, 4.69) is 267 Å². The zero-order chi connectivity index (χ0) is 43.8. The predicted molar refractivity (Wildman–Crippen MR) is 276 cm³/mol. The second-order valence-electron chi connectivity index (χ2n) is 18.1. The number of nitrogens with zero attached hydrogens (tertiary/aromatic N) is 1. The van der Waals surface area contributed by atoms with E-state index in [-0.39, 0.29) is 5.41 Å². The van der Waals surface area contributed by atoms with Crippen LogP contribution in [0.2, 0.25) is 0 Å². The Morgan fingerprint density at radius 2 is 0.727 bits per heavy atom. The summed E-state index contributed by atoms with van der Waals surface area (Å²) in [5.74, 6) is 0. The third-order valence-corrected chi connectivity index (χ3v) is 14.8. The van der Waals surface area contributed by atoms with Gasteiger partial charge in [-0.05, 0) is 156 Å². The highest BCUT2D eigenvalue weighted by atomic mass is 15.1. The zero-order valence-corrected chi connectivity index (χ0v) is 36.7. The molecule has 0 bridgehead atoms. The van der Waals surface area contributed by atoms with Crippen molar-refractivity contribution in [2.45, 2.75) is 17.8 Å². The highest BCUT2D eigenvalue weighted by Crippen LogP contribution is 2.59. The number of rotatable bonds is 7. The normalized spacial score (nSPS) is 15.2. The van der Waals surface area contributed by atoms with Gasteiger partial charge in [0.1, 0.15) is 0 Å². The highest BCUT2D eigenvalue weighted by Gasteiger charge is 2.47. The molecule has 1 unspecified atom stereocenters. The van der Waals surface area contributed by atoms with Crippen molar-refractivity contribution >= 4 is 38.6 Å². The average Bonchev–Trinajstić information content (AvgIpc) is 3.81. The van der Waals surface area contributed by atoms with Gasteiger partial charge < -0.3 is 4.90 Å². The molecule has 2 aliphatic rings. The maximum Gasteiger partial charge on any atom is 0.0714 e. The molecule has 1 heteroatoms. The first-order chi connectivity index (χ1) is 32.6. The van der Waals surface area contributed by atoms with E-state index in [4.69, 9.17) is 0 Å². The molecule has 0 saturated carbocycles. The Morgan fingerprint density at radius 3 is 1.35 bits per heavy atom. The van der Waals surface area contributed by atoms with Gasteiger partial charge in [-0.25, -0.2) is 0 Å². The van der Waals surface area contributed by atoms with Gasteiger partial charge in [0.25, 0.3) is 0 Å². The van der Waals surface area contributed by atoms with Crippen molar-refractivity contribution < 1.29 is 0 Å². The van der Waals surface area contributed by atoms with E-state index in [9.17, 15) is 0 Å². The van der Waals surface area contributed by atoms with Crippen LogP contribution in [0.5, 0.6) is 0 Å². The number of benzene rings is 11. The molecule has 11 aromatic rings.